The van der Waals surface area contributed by atoms with Crippen molar-refractivity contribution in [2.45, 2.75) is 33.2 Å². The maximum atomic E-state index is 12.2. The zero-order valence-corrected chi connectivity index (χ0v) is 15.4. The van der Waals surface area contributed by atoms with Gasteiger partial charge in [0.1, 0.15) is 0 Å². The summed E-state index contributed by atoms with van der Waals surface area (Å²) in [6, 6.07) is 5.16. The molecule has 1 heterocycles. The third kappa shape index (κ3) is 5.72. The van der Waals surface area contributed by atoms with Gasteiger partial charge in [-0.3, -0.25) is 9.69 Å². The van der Waals surface area contributed by atoms with Crippen LogP contribution in [0, 0.1) is 6.92 Å². The van der Waals surface area contributed by atoms with Crippen LogP contribution in [0.25, 0.3) is 0 Å². The van der Waals surface area contributed by atoms with Crippen molar-refractivity contribution in [2.75, 3.05) is 43.5 Å². The molecule has 0 aliphatic carbocycles. The van der Waals surface area contributed by atoms with Crippen LogP contribution in [-0.4, -0.2) is 55.2 Å². The minimum atomic E-state index is -0.265. The van der Waals surface area contributed by atoms with Crippen molar-refractivity contribution in [2.24, 2.45) is 0 Å². The summed E-state index contributed by atoms with van der Waals surface area (Å²) in [5.41, 5.74) is 2.13. The number of amides is 3. The van der Waals surface area contributed by atoms with Crippen molar-refractivity contribution >= 4 is 23.3 Å². The van der Waals surface area contributed by atoms with Gasteiger partial charge in [0.25, 0.3) is 0 Å². The average Bonchev–Trinajstić information content (AvgIpc) is 2.56. The maximum Gasteiger partial charge on any atom is 0.319 e. The Morgan fingerprint density at radius 3 is 2.52 bits per heavy atom. The Morgan fingerprint density at radius 2 is 1.88 bits per heavy atom. The number of ether oxygens (including phenoxy) is 1. The van der Waals surface area contributed by atoms with E-state index < -0.39 is 0 Å². The highest BCUT2D eigenvalue weighted by Crippen LogP contribution is 2.20. The van der Waals surface area contributed by atoms with Crippen LogP contribution >= 0.6 is 0 Å². The highest BCUT2D eigenvalue weighted by atomic mass is 16.5. The van der Waals surface area contributed by atoms with Gasteiger partial charge < -0.3 is 20.7 Å². The molecule has 1 saturated heterocycles. The zero-order chi connectivity index (χ0) is 18.4. The van der Waals surface area contributed by atoms with E-state index in [1.165, 1.54) is 6.92 Å². The highest BCUT2D eigenvalue weighted by Gasteiger charge is 2.28. The van der Waals surface area contributed by atoms with Crippen LogP contribution in [0.5, 0.6) is 0 Å². The number of rotatable bonds is 5. The van der Waals surface area contributed by atoms with E-state index in [0.29, 0.717) is 17.9 Å². The molecule has 25 heavy (non-hydrogen) atoms. The molecule has 1 fully saturated rings. The van der Waals surface area contributed by atoms with Gasteiger partial charge in [0.05, 0.1) is 13.2 Å². The van der Waals surface area contributed by atoms with Gasteiger partial charge in [-0.15, -0.1) is 0 Å². The molecule has 138 valence electrons. The van der Waals surface area contributed by atoms with E-state index in [-0.39, 0.29) is 17.5 Å². The molecular weight excluding hydrogens is 320 g/mol. The number of urea groups is 1. The number of benzene rings is 1. The molecule has 3 amide bonds. The van der Waals surface area contributed by atoms with Crippen molar-refractivity contribution in [1.82, 2.24) is 10.2 Å². The summed E-state index contributed by atoms with van der Waals surface area (Å²) in [4.78, 5) is 25.8. The fourth-order valence-corrected chi connectivity index (χ4v) is 2.78. The predicted molar refractivity (Wildman–Crippen MR) is 99.0 cm³/mol. The molecule has 1 aromatic rings. The van der Waals surface area contributed by atoms with Crippen LogP contribution in [0.2, 0.25) is 0 Å². The van der Waals surface area contributed by atoms with Crippen LogP contribution in [0.15, 0.2) is 18.2 Å². The predicted octanol–water partition coefficient (Wildman–Crippen LogP) is 2.19. The third-order valence-electron chi connectivity index (χ3n) is 4.35. The van der Waals surface area contributed by atoms with Gasteiger partial charge in [-0.1, -0.05) is 6.07 Å². The molecule has 0 spiro atoms. The number of hydrogen-bond donors (Lipinski definition) is 3. The highest BCUT2D eigenvalue weighted by molar-refractivity contribution is 5.93. The fourth-order valence-electron chi connectivity index (χ4n) is 2.78. The van der Waals surface area contributed by atoms with Gasteiger partial charge in [-0.05, 0) is 38.5 Å². The first kappa shape index (κ1) is 19.2. The fraction of sp³-hybridized carbons (Fsp3) is 0.556. The topological polar surface area (TPSA) is 82.7 Å². The number of carbonyl (C=O) groups excluding carboxylic acids is 2. The molecule has 0 aromatic heterocycles. The number of hydrogen-bond acceptors (Lipinski definition) is 4. The normalized spacial score (nSPS) is 15.5. The second kappa shape index (κ2) is 8.31. The second-order valence-electron chi connectivity index (χ2n) is 6.93. The first-order valence-corrected chi connectivity index (χ1v) is 8.54. The summed E-state index contributed by atoms with van der Waals surface area (Å²) in [7, 11) is 0. The van der Waals surface area contributed by atoms with Crippen molar-refractivity contribution in [3.05, 3.63) is 23.8 Å². The van der Waals surface area contributed by atoms with E-state index in [2.05, 4.69) is 34.7 Å². The second-order valence-corrected chi connectivity index (χ2v) is 6.93. The number of nitrogens with one attached hydrogen (secondary N) is 3. The van der Waals surface area contributed by atoms with Gasteiger partial charge in [-0.25, -0.2) is 4.79 Å². The minimum Gasteiger partial charge on any atom is -0.379 e. The van der Waals surface area contributed by atoms with E-state index in [0.717, 1.165) is 31.9 Å². The summed E-state index contributed by atoms with van der Waals surface area (Å²) >= 11 is 0. The maximum absolute atomic E-state index is 12.2. The Hall–Kier alpha value is -2.12. The van der Waals surface area contributed by atoms with Gasteiger partial charge >= 0.3 is 6.03 Å². The number of nitrogens with zero attached hydrogens (tertiary/aromatic N) is 1. The smallest absolute Gasteiger partial charge is 0.319 e. The van der Waals surface area contributed by atoms with Gasteiger partial charge in [0.15, 0.2) is 0 Å². The van der Waals surface area contributed by atoms with E-state index in [9.17, 15) is 9.59 Å². The summed E-state index contributed by atoms with van der Waals surface area (Å²) in [6.07, 6.45) is 0. The van der Waals surface area contributed by atoms with Gasteiger partial charge in [-0.2, -0.15) is 0 Å². The average molecular weight is 348 g/mol. The Kier molecular flexibility index (Phi) is 6.39. The van der Waals surface area contributed by atoms with Crippen molar-refractivity contribution in [3.8, 4) is 0 Å². The van der Waals surface area contributed by atoms with Crippen molar-refractivity contribution in [3.63, 3.8) is 0 Å². The number of anilines is 2. The summed E-state index contributed by atoms with van der Waals surface area (Å²) < 4.78 is 5.38. The van der Waals surface area contributed by atoms with Gasteiger partial charge in [0.2, 0.25) is 5.91 Å². The molecular formula is C18H28N4O3. The van der Waals surface area contributed by atoms with Gasteiger partial charge in [0, 0.05) is 43.5 Å². The molecule has 0 atom stereocenters. The molecule has 0 bridgehead atoms. The number of morpholine rings is 1. The van der Waals surface area contributed by atoms with Crippen LogP contribution < -0.4 is 16.0 Å². The van der Waals surface area contributed by atoms with E-state index in [1.807, 2.05) is 19.1 Å². The lowest BCUT2D eigenvalue weighted by molar-refractivity contribution is -0.114. The molecule has 1 aromatic carbocycles. The Bertz CT molecular complexity index is 625. The standard InChI is InChI=1S/C18H28N4O3/c1-13-5-6-15(11-16(13)20-14(2)23)21-17(24)19-12-18(3,4)22-7-9-25-10-8-22/h5-6,11H,7-10,12H2,1-4H3,(H,20,23)(H2,19,21,24). The number of aryl methyl sites for hydroxylation is 1. The van der Waals surface area contributed by atoms with E-state index in [1.54, 1.807) is 6.07 Å². The molecule has 7 nitrogen and oxygen atoms in total. The number of carbonyl (C=O) groups is 2. The summed E-state index contributed by atoms with van der Waals surface area (Å²) in [5.74, 6) is -0.142. The van der Waals surface area contributed by atoms with Crippen molar-refractivity contribution < 1.29 is 14.3 Å². The SMILES string of the molecule is CC(=O)Nc1cc(NC(=O)NCC(C)(C)N2CCOCC2)ccc1C. The molecule has 7 heteroatoms. The molecule has 0 radical (unpaired) electrons. The summed E-state index contributed by atoms with van der Waals surface area (Å²) in [5, 5.41) is 8.49. The Labute approximate surface area is 149 Å². The van der Waals surface area contributed by atoms with Crippen LogP contribution in [0.3, 0.4) is 0 Å². The van der Waals surface area contributed by atoms with Crippen LogP contribution in [0.1, 0.15) is 26.3 Å². The lowest BCUT2D eigenvalue weighted by Gasteiger charge is -2.40. The van der Waals surface area contributed by atoms with Crippen molar-refractivity contribution in [1.29, 1.82) is 0 Å². The molecule has 2 rings (SSSR count). The first-order chi connectivity index (χ1) is 11.8. The third-order valence-corrected chi connectivity index (χ3v) is 4.35. The molecule has 3 N–H and O–H groups in total. The molecule has 0 saturated carbocycles. The lowest BCUT2D eigenvalue weighted by Crippen LogP contribution is -2.55. The largest absolute Gasteiger partial charge is 0.379 e. The van der Waals surface area contributed by atoms with Crippen LogP contribution in [0.4, 0.5) is 16.2 Å². The van der Waals surface area contributed by atoms with E-state index in [4.69, 9.17) is 4.74 Å². The minimum absolute atomic E-state index is 0.142. The Balaban J connectivity index is 1.90. The first-order valence-electron chi connectivity index (χ1n) is 8.54. The Morgan fingerprint density at radius 1 is 1.20 bits per heavy atom. The van der Waals surface area contributed by atoms with E-state index >= 15 is 0 Å². The van der Waals surface area contributed by atoms with Crippen LogP contribution in [-0.2, 0) is 9.53 Å². The quantitative estimate of drug-likeness (QED) is 0.762. The monoisotopic (exact) mass is 348 g/mol. The lowest BCUT2D eigenvalue weighted by atomic mass is 10.0. The molecule has 1 aliphatic heterocycles. The zero-order valence-electron chi connectivity index (χ0n) is 15.4. The molecule has 0 unspecified atom stereocenters. The molecule has 1 aliphatic rings. The summed E-state index contributed by atoms with van der Waals surface area (Å²) in [6.45, 7) is 11.3.